The Morgan fingerprint density at radius 2 is 2.29 bits per heavy atom. The molecule has 0 aliphatic carbocycles. The van der Waals surface area contributed by atoms with Gasteiger partial charge in [-0.25, -0.2) is 4.79 Å². The second kappa shape index (κ2) is 4.86. The van der Waals surface area contributed by atoms with Crippen molar-refractivity contribution >= 4 is 5.82 Å². The normalized spacial score (nSPS) is 8.93. The SMILES string of the molecule is Cc1ccco1.Nc1cc[nH]c(=O)n1. The van der Waals surface area contributed by atoms with E-state index in [0.29, 0.717) is 0 Å². The van der Waals surface area contributed by atoms with E-state index in [9.17, 15) is 4.79 Å². The fourth-order valence-electron chi connectivity index (χ4n) is 0.746. The van der Waals surface area contributed by atoms with Crippen molar-refractivity contribution < 1.29 is 4.42 Å². The number of nitrogens with one attached hydrogen (secondary N) is 1. The fraction of sp³-hybridized carbons (Fsp3) is 0.111. The van der Waals surface area contributed by atoms with Crippen molar-refractivity contribution in [1.29, 1.82) is 0 Å². The maximum Gasteiger partial charge on any atom is 0.346 e. The van der Waals surface area contributed by atoms with Crippen molar-refractivity contribution in [2.24, 2.45) is 0 Å². The molecule has 0 atom stereocenters. The lowest BCUT2D eigenvalue weighted by molar-refractivity contribution is 0.534. The zero-order valence-corrected chi connectivity index (χ0v) is 7.73. The highest BCUT2D eigenvalue weighted by atomic mass is 16.3. The molecule has 3 N–H and O–H groups in total. The molecule has 0 bridgehead atoms. The molecule has 2 rings (SSSR count). The smallest absolute Gasteiger partial charge is 0.346 e. The minimum absolute atomic E-state index is 0.244. The molecule has 5 heteroatoms. The molecular weight excluding hydrogens is 182 g/mol. The number of nitrogen functional groups attached to an aromatic ring is 1. The first-order chi connectivity index (χ1) is 6.68. The van der Waals surface area contributed by atoms with Crippen LogP contribution >= 0.6 is 0 Å². The molecule has 74 valence electrons. The Hall–Kier alpha value is -2.04. The van der Waals surface area contributed by atoms with E-state index in [-0.39, 0.29) is 5.82 Å². The predicted octanol–water partition coefficient (Wildman–Crippen LogP) is 0.940. The van der Waals surface area contributed by atoms with Crippen LogP contribution in [-0.2, 0) is 0 Å². The third kappa shape index (κ3) is 3.57. The van der Waals surface area contributed by atoms with Gasteiger partial charge in [-0.05, 0) is 25.1 Å². The molecule has 0 saturated heterocycles. The number of aromatic amines is 1. The molecule has 0 radical (unpaired) electrons. The van der Waals surface area contributed by atoms with Crippen LogP contribution in [0.25, 0.3) is 0 Å². The van der Waals surface area contributed by atoms with E-state index >= 15 is 0 Å². The molecule has 2 heterocycles. The van der Waals surface area contributed by atoms with Crippen molar-refractivity contribution in [3.8, 4) is 0 Å². The Morgan fingerprint density at radius 3 is 2.57 bits per heavy atom. The van der Waals surface area contributed by atoms with Gasteiger partial charge in [0.1, 0.15) is 11.6 Å². The molecule has 0 fully saturated rings. The van der Waals surface area contributed by atoms with Gasteiger partial charge in [0, 0.05) is 6.20 Å². The lowest BCUT2D eigenvalue weighted by Crippen LogP contribution is -2.10. The van der Waals surface area contributed by atoms with Crippen LogP contribution in [0.15, 0.2) is 39.9 Å². The second-order valence-corrected chi connectivity index (χ2v) is 2.54. The summed E-state index contributed by atoms with van der Waals surface area (Å²) in [6, 6.07) is 5.30. The number of hydrogen-bond donors (Lipinski definition) is 2. The van der Waals surface area contributed by atoms with Gasteiger partial charge in [0.05, 0.1) is 6.26 Å². The van der Waals surface area contributed by atoms with Gasteiger partial charge in [0.25, 0.3) is 0 Å². The average molecular weight is 193 g/mol. The molecular formula is C9H11N3O2. The van der Waals surface area contributed by atoms with Gasteiger partial charge in [0.2, 0.25) is 0 Å². The summed E-state index contributed by atoms with van der Waals surface area (Å²) in [4.78, 5) is 15.9. The number of aromatic nitrogens is 2. The third-order valence-corrected chi connectivity index (χ3v) is 1.35. The molecule has 0 unspecified atom stereocenters. The molecule has 2 aromatic rings. The van der Waals surface area contributed by atoms with Gasteiger partial charge in [-0.15, -0.1) is 0 Å². The molecule has 2 aromatic heterocycles. The summed E-state index contributed by atoms with van der Waals surface area (Å²) in [7, 11) is 0. The van der Waals surface area contributed by atoms with E-state index in [1.165, 1.54) is 12.3 Å². The summed E-state index contributed by atoms with van der Waals surface area (Å²) in [5.41, 5.74) is 4.72. The standard InChI is InChI=1S/C5H6O.C4H5N3O/c1-5-3-2-4-6-5;5-3-1-2-6-4(8)7-3/h2-4H,1H3;1-2H,(H3,5,6,7,8). The van der Waals surface area contributed by atoms with Crippen molar-refractivity contribution in [2.75, 3.05) is 5.73 Å². The van der Waals surface area contributed by atoms with Gasteiger partial charge >= 0.3 is 5.69 Å². The minimum Gasteiger partial charge on any atom is -0.470 e. The molecule has 0 aromatic carbocycles. The zero-order valence-electron chi connectivity index (χ0n) is 7.73. The second-order valence-electron chi connectivity index (χ2n) is 2.54. The Balaban J connectivity index is 0.000000146. The number of rotatable bonds is 0. The van der Waals surface area contributed by atoms with E-state index in [2.05, 4.69) is 9.97 Å². The third-order valence-electron chi connectivity index (χ3n) is 1.35. The van der Waals surface area contributed by atoms with E-state index in [1.807, 2.05) is 19.1 Å². The number of H-pyrrole nitrogens is 1. The van der Waals surface area contributed by atoms with Crippen LogP contribution in [-0.4, -0.2) is 9.97 Å². The molecule has 0 amide bonds. The maximum atomic E-state index is 10.2. The van der Waals surface area contributed by atoms with Crippen LogP contribution in [0.2, 0.25) is 0 Å². The number of furan rings is 1. The first-order valence-corrected chi connectivity index (χ1v) is 4.00. The van der Waals surface area contributed by atoms with Crippen molar-refractivity contribution in [1.82, 2.24) is 9.97 Å². The fourth-order valence-corrected chi connectivity index (χ4v) is 0.746. The van der Waals surface area contributed by atoms with Gasteiger partial charge in [0.15, 0.2) is 0 Å². The summed E-state index contributed by atoms with van der Waals surface area (Å²) < 4.78 is 4.83. The van der Waals surface area contributed by atoms with Crippen LogP contribution < -0.4 is 11.4 Å². The predicted molar refractivity (Wildman–Crippen MR) is 52.7 cm³/mol. The average Bonchev–Trinajstić information content (AvgIpc) is 2.56. The molecule has 0 aliphatic rings. The van der Waals surface area contributed by atoms with E-state index in [1.54, 1.807) is 6.26 Å². The lowest BCUT2D eigenvalue weighted by Gasteiger charge is -1.83. The minimum atomic E-state index is -0.412. The Kier molecular flexibility index (Phi) is 3.49. The topological polar surface area (TPSA) is 84.9 Å². The summed E-state index contributed by atoms with van der Waals surface area (Å²) >= 11 is 0. The molecule has 0 saturated carbocycles. The van der Waals surface area contributed by atoms with Crippen LogP contribution in [0.4, 0.5) is 5.82 Å². The Morgan fingerprint density at radius 1 is 1.50 bits per heavy atom. The van der Waals surface area contributed by atoms with Crippen LogP contribution in [0.1, 0.15) is 5.76 Å². The molecule has 5 nitrogen and oxygen atoms in total. The first kappa shape index (κ1) is 10.0. The van der Waals surface area contributed by atoms with Crippen molar-refractivity contribution in [3.63, 3.8) is 0 Å². The number of aryl methyl sites for hydroxylation is 1. The zero-order chi connectivity index (χ0) is 10.4. The van der Waals surface area contributed by atoms with Gasteiger partial charge < -0.3 is 15.1 Å². The monoisotopic (exact) mass is 193 g/mol. The van der Waals surface area contributed by atoms with Gasteiger partial charge in [-0.3, -0.25) is 0 Å². The molecule has 14 heavy (non-hydrogen) atoms. The van der Waals surface area contributed by atoms with Crippen LogP contribution in [0.5, 0.6) is 0 Å². The van der Waals surface area contributed by atoms with Crippen molar-refractivity contribution in [2.45, 2.75) is 6.92 Å². The highest BCUT2D eigenvalue weighted by Crippen LogP contribution is 1.93. The lowest BCUT2D eigenvalue weighted by atomic mass is 10.5. The number of hydrogen-bond acceptors (Lipinski definition) is 4. The maximum absolute atomic E-state index is 10.2. The Labute approximate surface area is 80.6 Å². The number of anilines is 1. The van der Waals surface area contributed by atoms with E-state index in [4.69, 9.17) is 10.2 Å². The van der Waals surface area contributed by atoms with E-state index < -0.39 is 5.69 Å². The number of nitrogens with zero attached hydrogens (tertiary/aromatic N) is 1. The van der Waals surface area contributed by atoms with Gasteiger partial charge in [-0.2, -0.15) is 4.98 Å². The first-order valence-electron chi connectivity index (χ1n) is 4.00. The molecule has 0 spiro atoms. The Bertz CT molecular complexity index is 420. The highest BCUT2D eigenvalue weighted by molar-refractivity contribution is 5.22. The number of nitrogens with two attached hydrogens (primary N) is 1. The largest absolute Gasteiger partial charge is 0.470 e. The summed E-state index contributed by atoms with van der Waals surface area (Å²) in [5.74, 6) is 1.21. The quantitative estimate of drug-likeness (QED) is 0.652. The van der Waals surface area contributed by atoms with Crippen molar-refractivity contribution in [3.05, 3.63) is 46.9 Å². The van der Waals surface area contributed by atoms with E-state index in [0.717, 1.165) is 5.76 Å². The highest BCUT2D eigenvalue weighted by Gasteiger charge is 1.81. The van der Waals surface area contributed by atoms with Gasteiger partial charge in [-0.1, -0.05) is 0 Å². The van der Waals surface area contributed by atoms with Crippen LogP contribution in [0.3, 0.4) is 0 Å². The van der Waals surface area contributed by atoms with Crippen LogP contribution in [0, 0.1) is 6.92 Å². The molecule has 0 aliphatic heterocycles. The summed E-state index contributed by atoms with van der Waals surface area (Å²) in [6.45, 7) is 1.92. The summed E-state index contributed by atoms with van der Waals surface area (Å²) in [5, 5.41) is 0. The summed E-state index contributed by atoms with van der Waals surface area (Å²) in [6.07, 6.45) is 3.11.